The fourth-order valence-electron chi connectivity index (χ4n) is 4.40. The first-order valence-corrected chi connectivity index (χ1v) is 12.1. The molecule has 1 atom stereocenters. The molecule has 4 aromatic heterocycles. The van der Waals surface area contributed by atoms with E-state index in [1.54, 1.807) is 36.7 Å². The van der Waals surface area contributed by atoms with Crippen LogP contribution in [0.2, 0.25) is 0 Å². The molecular formula is C23H24F3N7OS. The summed E-state index contributed by atoms with van der Waals surface area (Å²) in [6.07, 6.45) is 0.649. The minimum absolute atomic E-state index is 0.00625. The van der Waals surface area contributed by atoms with Crippen molar-refractivity contribution in [1.82, 2.24) is 29.9 Å². The largest absolute Gasteiger partial charge is 0.391 e. The van der Waals surface area contributed by atoms with E-state index in [0.717, 1.165) is 15.4 Å². The molecule has 8 nitrogen and oxygen atoms in total. The van der Waals surface area contributed by atoms with Crippen LogP contribution in [0.4, 0.5) is 18.9 Å². The number of nitrogens with zero attached hydrogens (tertiary/aromatic N) is 5. The van der Waals surface area contributed by atoms with E-state index in [2.05, 4.69) is 25.5 Å². The van der Waals surface area contributed by atoms with Crippen LogP contribution in [0.3, 0.4) is 0 Å². The molecule has 184 valence electrons. The molecule has 4 aromatic rings. The molecule has 1 saturated heterocycles. The summed E-state index contributed by atoms with van der Waals surface area (Å²) >= 11 is 1.61. The minimum atomic E-state index is -4.20. The zero-order chi connectivity index (χ0) is 24.7. The highest BCUT2D eigenvalue weighted by Crippen LogP contribution is 2.37. The Morgan fingerprint density at radius 3 is 2.66 bits per heavy atom. The van der Waals surface area contributed by atoms with Crippen LogP contribution in [0.25, 0.3) is 16.2 Å². The lowest BCUT2D eigenvalue weighted by atomic mass is 9.96. The van der Waals surface area contributed by atoms with Gasteiger partial charge in [0.15, 0.2) is 5.65 Å². The third-order valence-corrected chi connectivity index (χ3v) is 7.35. The maximum absolute atomic E-state index is 13.2. The van der Waals surface area contributed by atoms with Crippen molar-refractivity contribution in [1.29, 1.82) is 0 Å². The molecule has 35 heavy (non-hydrogen) atoms. The van der Waals surface area contributed by atoms with Crippen LogP contribution in [0.15, 0.2) is 36.9 Å². The zero-order valence-corrected chi connectivity index (χ0v) is 20.0. The molecule has 0 saturated carbocycles. The van der Waals surface area contributed by atoms with Crippen molar-refractivity contribution < 1.29 is 18.0 Å². The number of imidazole rings is 1. The molecule has 1 amide bonds. The molecule has 1 unspecified atom stereocenters. The van der Waals surface area contributed by atoms with Crippen molar-refractivity contribution in [2.75, 3.05) is 18.0 Å². The number of carbonyl (C=O) groups excluding carboxylic acids is 1. The van der Waals surface area contributed by atoms with Gasteiger partial charge in [-0.1, -0.05) is 0 Å². The number of amides is 1. The number of thiophene rings is 1. The van der Waals surface area contributed by atoms with E-state index in [-0.39, 0.29) is 31.8 Å². The highest BCUT2D eigenvalue weighted by Gasteiger charge is 2.41. The SMILES string of the molecule is Cc1ccc(-c2cnc3c(N4CCC(C(F)(F)F)CC4)cc(C(=O)NC(C)c4ncn[nH]4)cn23)s1. The lowest BCUT2D eigenvalue weighted by Crippen LogP contribution is -2.39. The summed E-state index contributed by atoms with van der Waals surface area (Å²) < 4.78 is 41.5. The molecule has 2 N–H and O–H groups in total. The van der Waals surface area contributed by atoms with Crippen LogP contribution in [-0.2, 0) is 0 Å². The number of aromatic amines is 1. The van der Waals surface area contributed by atoms with Gasteiger partial charge in [-0.25, -0.2) is 9.97 Å². The van der Waals surface area contributed by atoms with Crippen LogP contribution < -0.4 is 10.2 Å². The van der Waals surface area contributed by atoms with E-state index < -0.39 is 18.1 Å². The van der Waals surface area contributed by atoms with E-state index in [1.165, 1.54) is 6.33 Å². The number of H-pyrrole nitrogens is 1. The first kappa shape index (κ1) is 23.3. The van der Waals surface area contributed by atoms with Crippen molar-refractivity contribution in [2.45, 2.75) is 38.9 Å². The molecule has 0 aliphatic carbocycles. The van der Waals surface area contributed by atoms with Crippen LogP contribution in [-0.4, -0.2) is 49.7 Å². The van der Waals surface area contributed by atoms with E-state index in [9.17, 15) is 18.0 Å². The van der Waals surface area contributed by atoms with E-state index in [0.29, 0.717) is 22.7 Å². The average molecular weight is 504 g/mol. The standard InChI is InChI=1S/C23H24F3N7OS/c1-13-3-4-19(35-13)18-10-27-21-17(32-7-5-16(6-8-32)23(24,25)26)9-15(11-33(18)21)22(34)30-14(2)20-28-12-29-31-20/h3-4,9-12,14,16H,5-8H2,1-2H3,(H,30,34)(H,28,29,31). The van der Waals surface area contributed by atoms with Crippen molar-refractivity contribution in [3.8, 4) is 10.6 Å². The number of anilines is 1. The minimum Gasteiger partial charge on any atom is -0.368 e. The summed E-state index contributed by atoms with van der Waals surface area (Å²) in [4.78, 5) is 25.9. The van der Waals surface area contributed by atoms with Gasteiger partial charge in [0.25, 0.3) is 5.91 Å². The second-order valence-corrected chi connectivity index (χ2v) is 10.0. The molecule has 0 radical (unpaired) electrons. The van der Waals surface area contributed by atoms with Crippen LogP contribution >= 0.6 is 11.3 Å². The van der Waals surface area contributed by atoms with Crippen molar-refractivity contribution in [3.05, 3.63) is 53.2 Å². The average Bonchev–Trinajstić information content (AvgIpc) is 3.58. The third-order valence-electron chi connectivity index (χ3n) is 6.33. The highest BCUT2D eigenvalue weighted by atomic mass is 32.1. The Hall–Kier alpha value is -3.41. The number of piperidine rings is 1. The molecule has 0 aromatic carbocycles. The van der Waals surface area contributed by atoms with E-state index >= 15 is 0 Å². The number of pyridine rings is 1. The second kappa shape index (κ2) is 8.99. The molecular weight excluding hydrogens is 479 g/mol. The molecule has 1 aliphatic rings. The number of hydrogen-bond donors (Lipinski definition) is 2. The van der Waals surface area contributed by atoms with Gasteiger partial charge in [-0.2, -0.15) is 18.3 Å². The summed E-state index contributed by atoms with van der Waals surface area (Å²) in [7, 11) is 0. The smallest absolute Gasteiger partial charge is 0.368 e. The number of carbonyl (C=O) groups is 1. The Bertz CT molecular complexity index is 1340. The summed E-state index contributed by atoms with van der Waals surface area (Å²) in [6.45, 7) is 4.27. The predicted molar refractivity (Wildman–Crippen MR) is 126 cm³/mol. The zero-order valence-electron chi connectivity index (χ0n) is 19.1. The fourth-order valence-corrected chi connectivity index (χ4v) is 5.27. The molecule has 5 heterocycles. The van der Waals surface area contributed by atoms with Gasteiger partial charge < -0.3 is 10.2 Å². The van der Waals surface area contributed by atoms with Gasteiger partial charge in [-0.05, 0) is 44.9 Å². The van der Waals surface area contributed by atoms with Crippen LogP contribution in [0.1, 0.15) is 46.9 Å². The number of halogens is 3. The van der Waals surface area contributed by atoms with Gasteiger partial charge >= 0.3 is 6.18 Å². The Kier molecular flexibility index (Phi) is 5.99. The Morgan fingerprint density at radius 2 is 2.03 bits per heavy atom. The second-order valence-electron chi connectivity index (χ2n) is 8.73. The maximum Gasteiger partial charge on any atom is 0.391 e. The Labute approximate surface area is 203 Å². The van der Waals surface area contributed by atoms with Crippen molar-refractivity contribution >= 4 is 28.6 Å². The third kappa shape index (κ3) is 4.62. The Morgan fingerprint density at radius 1 is 1.26 bits per heavy atom. The number of aryl methyl sites for hydroxylation is 1. The molecule has 5 rings (SSSR count). The van der Waals surface area contributed by atoms with Gasteiger partial charge in [0.2, 0.25) is 0 Å². The summed E-state index contributed by atoms with van der Waals surface area (Å²) in [5.74, 6) is -1.12. The molecule has 1 fully saturated rings. The van der Waals surface area contributed by atoms with Gasteiger partial charge in [0, 0.05) is 24.2 Å². The van der Waals surface area contributed by atoms with E-state index in [4.69, 9.17) is 0 Å². The van der Waals surface area contributed by atoms with Gasteiger partial charge in [-0.15, -0.1) is 11.3 Å². The molecule has 1 aliphatic heterocycles. The number of fused-ring (bicyclic) bond motifs is 1. The first-order valence-electron chi connectivity index (χ1n) is 11.3. The Balaban J connectivity index is 1.52. The summed E-state index contributed by atoms with van der Waals surface area (Å²) in [5.41, 5.74) is 2.45. The van der Waals surface area contributed by atoms with E-state index in [1.807, 2.05) is 28.4 Å². The van der Waals surface area contributed by atoms with Gasteiger partial charge in [-0.3, -0.25) is 14.3 Å². The number of rotatable bonds is 5. The quantitative estimate of drug-likeness (QED) is 0.410. The topological polar surface area (TPSA) is 91.2 Å². The lowest BCUT2D eigenvalue weighted by molar-refractivity contribution is -0.179. The molecule has 0 spiro atoms. The molecule has 0 bridgehead atoms. The summed E-state index contributed by atoms with van der Waals surface area (Å²) in [6, 6.07) is 5.31. The molecule has 12 heteroatoms. The van der Waals surface area contributed by atoms with Gasteiger partial charge in [0.05, 0.1) is 40.0 Å². The predicted octanol–water partition coefficient (Wildman–Crippen LogP) is 4.76. The first-order chi connectivity index (χ1) is 16.7. The normalized spacial score (nSPS) is 16.1. The van der Waals surface area contributed by atoms with Gasteiger partial charge in [0.1, 0.15) is 12.2 Å². The highest BCUT2D eigenvalue weighted by molar-refractivity contribution is 7.15. The van der Waals surface area contributed by atoms with Crippen LogP contribution in [0.5, 0.6) is 0 Å². The number of aromatic nitrogens is 5. The summed E-state index contributed by atoms with van der Waals surface area (Å²) in [5, 5.41) is 9.46. The van der Waals surface area contributed by atoms with Crippen molar-refractivity contribution in [3.63, 3.8) is 0 Å². The lowest BCUT2D eigenvalue weighted by Gasteiger charge is -2.34. The fraction of sp³-hybridized carbons (Fsp3) is 0.391. The van der Waals surface area contributed by atoms with Crippen LogP contribution in [0, 0.1) is 12.8 Å². The number of alkyl halides is 3. The monoisotopic (exact) mass is 503 g/mol. The van der Waals surface area contributed by atoms with Crippen molar-refractivity contribution in [2.24, 2.45) is 5.92 Å². The number of nitrogens with one attached hydrogen (secondary N) is 2. The maximum atomic E-state index is 13.2. The number of hydrogen-bond acceptors (Lipinski definition) is 6.